The van der Waals surface area contributed by atoms with Gasteiger partial charge in [0.15, 0.2) is 17.4 Å². The number of aliphatic hydroxyl groups excluding tert-OH is 2. The minimum Gasteiger partial charge on any atom is -0.394 e. The zero-order valence-electron chi connectivity index (χ0n) is 9.61. The molecule has 4 N–H and O–H groups in total. The maximum Gasteiger partial charge on any atom is 0.327 e. The van der Waals surface area contributed by atoms with Crippen LogP contribution in [-0.4, -0.2) is 54.0 Å². The quantitative estimate of drug-likeness (QED) is 0.469. The summed E-state index contributed by atoms with van der Waals surface area (Å²) in [7, 11) is 0. The molecule has 3 rings (SSSR count). The van der Waals surface area contributed by atoms with Gasteiger partial charge in [-0.25, -0.2) is 4.79 Å². The van der Waals surface area contributed by atoms with E-state index >= 15 is 0 Å². The van der Waals surface area contributed by atoms with Gasteiger partial charge in [-0.2, -0.15) is 4.68 Å². The number of H-pyrrole nitrogens is 2. The van der Waals surface area contributed by atoms with Gasteiger partial charge in [0.2, 0.25) is 0 Å². The first-order valence-corrected chi connectivity index (χ1v) is 5.62. The Balaban J connectivity index is 2.07. The first-order chi connectivity index (χ1) is 9.10. The molecule has 10 nitrogen and oxygen atoms in total. The summed E-state index contributed by atoms with van der Waals surface area (Å²) in [5.41, 5.74) is -1.24. The van der Waals surface area contributed by atoms with Crippen molar-refractivity contribution >= 4 is 11.2 Å². The molecule has 19 heavy (non-hydrogen) atoms. The SMILES string of the molecule is O=c1[nH]c(=O)c2nnn([C@H]3C[C@H](O)[C@@H](CO)O3)c2[nH]1. The molecule has 0 amide bonds. The van der Waals surface area contributed by atoms with E-state index in [0.29, 0.717) is 0 Å². The van der Waals surface area contributed by atoms with E-state index in [0.717, 1.165) is 0 Å². The molecular formula is C9H11N5O5. The van der Waals surface area contributed by atoms with Crippen molar-refractivity contribution in [3.8, 4) is 0 Å². The van der Waals surface area contributed by atoms with Crippen molar-refractivity contribution in [2.75, 3.05) is 6.61 Å². The van der Waals surface area contributed by atoms with Crippen molar-refractivity contribution < 1.29 is 14.9 Å². The van der Waals surface area contributed by atoms with Crippen molar-refractivity contribution in [3.63, 3.8) is 0 Å². The minimum absolute atomic E-state index is 0.0230. The number of ether oxygens (including phenoxy) is 1. The minimum atomic E-state index is -0.844. The van der Waals surface area contributed by atoms with Crippen LogP contribution in [0.4, 0.5) is 0 Å². The van der Waals surface area contributed by atoms with Gasteiger partial charge < -0.3 is 14.9 Å². The second kappa shape index (κ2) is 4.26. The Hall–Kier alpha value is -2.04. The molecule has 10 heteroatoms. The Labute approximate surface area is 104 Å². The molecule has 0 aromatic carbocycles. The molecule has 1 saturated heterocycles. The van der Waals surface area contributed by atoms with Crippen molar-refractivity contribution in [2.24, 2.45) is 0 Å². The number of rotatable bonds is 2. The summed E-state index contributed by atoms with van der Waals surface area (Å²) >= 11 is 0. The maximum atomic E-state index is 11.5. The molecule has 0 bridgehead atoms. The number of fused-ring (bicyclic) bond motifs is 1. The standard InChI is InChI=1S/C9H11N5O5/c15-2-4-3(16)1-5(19-4)14-7-6(12-13-14)8(17)11-9(18)10-7/h3-5,15-16H,1-2H2,(H2,10,11,17,18)/t3-,4+,5+/m0/s1. The summed E-state index contributed by atoms with van der Waals surface area (Å²) in [6.07, 6.45) is -2.09. The fourth-order valence-electron chi connectivity index (χ4n) is 2.09. The monoisotopic (exact) mass is 269 g/mol. The third kappa shape index (κ3) is 1.85. The smallest absolute Gasteiger partial charge is 0.327 e. The molecule has 0 aliphatic carbocycles. The number of hydrogen-bond acceptors (Lipinski definition) is 7. The van der Waals surface area contributed by atoms with Gasteiger partial charge in [0.25, 0.3) is 5.56 Å². The molecule has 102 valence electrons. The van der Waals surface area contributed by atoms with E-state index < -0.39 is 29.7 Å². The normalized spacial score (nSPS) is 27.2. The molecule has 1 aliphatic rings. The average molecular weight is 269 g/mol. The number of aromatic amines is 2. The van der Waals surface area contributed by atoms with E-state index in [1.54, 1.807) is 0 Å². The first kappa shape index (κ1) is 12.0. The highest BCUT2D eigenvalue weighted by molar-refractivity contribution is 5.67. The Kier molecular flexibility index (Phi) is 2.69. The van der Waals surface area contributed by atoms with Crippen molar-refractivity contribution in [2.45, 2.75) is 24.9 Å². The van der Waals surface area contributed by atoms with Crippen LogP contribution in [0.3, 0.4) is 0 Å². The van der Waals surface area contributed by atoms with Crippen LogP contribution in [-0.2, 0) is 4.74 Å². The van der Waals surface area contributed by atoms with Crippen LogP contribution in [0.1, 0.15) is 12.6 Å². The van der Waals surface area contributed by atoms with Gasteiger partial charge in [0, 0.05) is 6.42 Å². The Bertz CT molecular complexity index is 718. The van der Waals surface area contributed by atoms with Crippen molar-refractivity contribution in [1.29, 1.82) is 0 Å². The number of nitrogens with zero attached hydrogens (tertiary/aromatic N) is 3. The lowest BCUT2D eigenvalue weighted by Gasteiger charge is -2.11. The Morgan fingerprint density at radius 3 is 2.89 bits per heavy atom. The van der Waals surface area contributed by atoms with E-state index in [2.05, 4.69) is 15.3 Å². The number of aromatic nitrogens is 5. The van der Waals surface area contributed by atoms with E-state index in [9.17, 15) is 14.7 Å². The van der Waals surface area contributed by atoms with Crippen LogP contribution in [0.15, 0.2) is 9.59 Å². The zero-order chi connectivity index (χ0) is 13.6. The molecule has 3 heterocycles. The molecule has 0 saturated carbocycles. The molecule has 1 aliphatic heterocycles. The largest absolute Gasteiger partial charge is 0.394 e. The van der Waals surface area contributed by atoms with Gasteiger partial charge in [-0.1, -0.05) is 5.21 Å². The summed E-state index contributed by atoms with van der Waals surface area (Å²) in [5.74, 6) is 0. The second-order valence-corrected chi connectivity index (χ2v) is 4.25. The van der Waals surface area contributed by atoms with Crippen LogP contribution in [0.25, 0.3) is 11.2 Å². The third-order valence-electron chi connectivity index (χ3n) is 3.03. The lowest BCUT2D eigenvalue weighted by Crippen LogP contribution is -2.24. The van der Waals surface area contributed by atoms with Crippen LogP contribution in [0.5, 0.6) is 0 Å². The second-order valence-electron chi connectivity index (χ2n) is 4.25. The van der Waals surface area contributed by atoms with Gasteiger partial charge in [0.05, 0.1) is 12.7 Å². The topological polar surface area (TPSA) is 146 Å². The van der Waals surface area contributed by atoms with E-state index in [1.165, 1.54) is 4.68 Å². The fourth-order valence-corrected chi connectivity index (χ4v) is 2.09. The highest BCUT2D eigenvalue weighted by atomic mass is 16.5. The summed E-state index contributed by atoms with van der Waals surface area (Å²) in [6.45, 7) is -0.332. The number of aliphatic hydroxyl groups is 2. The fraction of sp³-hybridized carbons (Fsp3) is 0.556. The van der Waals surface area contributed by atoms with Gasteiger partial charge in [-0.05, 0) is 0 Å². The first-order valence-electron chi connectivity index (χ1n) is 5.62. The van der Waals surface area contributed by atoms with E-state index in [1.807, 2.05) is 4.98 Å². The molecular weight excluding hydrogens is 258 g/mol. The molecule has 2 aromatic heterocycles. The molecule has 2 aromatic rings. The maximum absolute atomic E-state index is 11.5. The predicted octanol–water partition coefficient (Wildman–Crippen LogP) is -2.55. The lowest BCUT2D eigenvalue weighted by atomic mass is 10.2. The highest BCUT2D eigenvalue weighted by Crippen LogP contribution is 2.28. The molecule has 0 unspecified atom stereocenters. The predicted molar refractivity (Wildman–Crippen MR) is 60.4 cm³/mol. The van der Waals surface area contributed by atoms with Crippen LogP contribution in [0, 0.1) is 0 Å². The van der Waals surface area contributed by atoms with Gasteiger partial charge >= 0.3 is 5.69 Å². The zero-order valence-corrected chi connectivity index (χ0v) is 9.61. The van der Waals surface area contributed by atoms with E-state index in [4.69, 9.17) is 9.84 Å². The van der Waals surface area contributed by atoms with Gasteiger partial charge in [-0.15, -0.1) is 5.10 Å². The number of nitrogens with one attached hydrogen (secondary N) is 2. The number of hydrogen-bond donors (Lipinski definition) is 4. The summed E-state index contributed by atoms with van der Waals surface area (Å²) in [6, 6.07) is 0. The summed E-state index contributed by atoms with van der Waals surface area (Å²) in [5, 5.41) is 26.1. The molecule has 0 radical (unpaired) electrons. The Morgan fingerprint density at radius 1 is 1.42 bits per heavy atom. The van der Waals surface area contributed by atoms with Crippen LogP contribution in [0.2, 0.25) is 0 Å². The van der Waals surface area contributed by atoms with Crippen molar-refractivity contribution in [3.05, 3.63) is 20.8 Å². The van der Waals surface area contributed by atoms with Gasteiger partial charge in [0.1, 0.15) is 6.10 Å². The van der Waals surface area contributed by atoms with Crippen LogP contribution >= 0.6 is 0 Å². The van der Waals surface area contributed by atoms with Gasteiger partial charge in [-0.3, -0.25) is 14.8 Å². The summed E-state index contributed by atoms with van der Waals surface area (Å²) in [4.78, 5) is 27.2. The average Bonchev–Trinajstić information content (AvgIpc) is 2.92. The Morgan fingerprint density at radius 2 is 2.21 bits per heavy atom. The van der Waals surface area contributed by atoms with Crippen molar-refractivity contribution in [1.82, 2.24) is 25.0 Å². The molecule has 1 fully saturated rings. The van der Waals surface area contributed by atoms with E-state index in [-0.39, 0.29) is 24.2 Å². The molecule has 3 atom stereocenters. The summed E-state index contributed by atoms with van der Waals surface area (Å²) < 4.78 is 6.59. The third-order valence-corrected chi connectivity index (χ3v) is 3.03. The van der Waals surface area contributed by atoms with Crippen LogP contribution < -0.4 is 11.2 Å². The lowest BCUT2D eigenvalue weighted by molar-refractivity contribution is -0.0476. The highest BCUT2D eigenvalue weighted by Gasteiger charge is 2.36. The molecule has 0 spiro atoms.